The van der Waals surface area contributed by atoms with E-state index in [1.54, 1.807) is 0 Å². The largest absolute Gasteiger partial charge is 0.387 e. The van der Waals surface area contributed by atoms with E-state index in [4.69, 9.17) is 0 Å². The highest BCUT2D eigenvalue weighted by Gasteiger charge is 2.23. The molecule has 0 bridgehead atoms. The molecule has 100 valence electrons. The van der Waals surface area contributed by atoms with Gasteiger partial charge in [0.2, 0.25) is 0 Å². The molecule has 0 aromatic heterocycles. The fourth-order valence-corrected chi connectivity index (χ4v) is 2.91. The number of halogens is 1. The van der Waals surface area contributed by atoms with E-state index in [2.05, 4.69) is 39.7 Å². The quantitative estimate of drug-likeness (QED) is 0.926. The van der Waals surface area contributed by atoms with Crippen LogP contribution in [0, 0.1) is 0 Å². The number of likely N-dealkylation sites (N-methyl/N-ethyl adjacent to an activating group) is 1. The molecule has 1 aliphatic heterocycles. The minimum absolute atomic E-state index is 0.409. The maximum absolute atomic E-state index is 10.3. The van der Waals surface area contributed by atoms with Crippen LogP contribution in [0.1, 0.15) is 18.6 Å². The van der Waals surface area contributed by atoms with Crippen LogP contribution in [0.15, 0.2) is 28.7 Å². The first kappa shape index (κ1) is 14.0. The highest BCUT2D eigenvalue weighted by Crippen LogP contribution is 2.20. The van der Waals surface area contributed by atoms with Crippen molar-refractivity contribution in [1.82, 2.24) is 9.80 Å². The second-order valence-corrected chi connectivity index (χ2v) is 6.09. The number of rotatable bonds is 3. The molecule has 1 heterocycles. The van der Waals surface area contributed by atoms with E-state index in [1.807, 2.05) is 24.3 Å². The average Bonchev–Trinajstić information content (AvgIpc) is 2.32. The Labute approximate surface area is 118 Å². The molecule has 1 saturated heterocycles. The number of piperazine rings is 1. The van der Waals surface area contributed by atoms with Crippen molar-refractivity contribution in [1.29, 1.82) is 0 Å². The predicted molar refractivity (Wildman–Crippen MR) is 77.6 cm³/mol. The summed E-state index contributed by atoms with van der Waals surface area (Å²) < 4.78 is 1.02. The third-order valence-electron chi connectivity index (χ3n) is 3.61. The molecule has 1 aromatic carbocycles. The monoisotopic (exact) mass is 312 g/mol. The Morgan fingerprint density at radius 3 is 2.89 bits per heavy atom. The van der Waals surface area contributed by atoms with Gasteiger partial charge < -0.3 is 10.0 Å². The van der Waals surface area contributed by atoms with Gasteiger partial charge in [0.1, 0.15) is 0 Å². The highest BCUT2D eigenvalue weighted by atomic mass is 79.9. The third-order valence-corrected chi connectivity index (χ3v) is 4.10. The van der Waals surface area contributed by atoms with Crippen LogP contribution >= 0.6 is 15.9 Å². The topological polar surface area (TPSA) is 26.7 Å². The van der Waals surface area contributed by atoms with Crippen LogP contribution in [-0.2, 0) is 0 Å². The summed E-state index contributed by atoms with van der Waals surface area (Å²) in [6.45, 7) is 6.12. The van der Waals surface area contributed by atoms with E-state index in [9.17, 15) is 5.11 Å². The van der Waals surface area contributed by atoms with Gasteiger partial charge in [0, 0.05) is 36.7 Å². The molecule has 1 N–H and O–H groups in total. The molecule has 1 aliphatic rings. The maximum atomic E-state index is 10.3. The predicted octanol–water partition coefficient (Wildman–Crippen LogP) is 2.12. The van der Waals surface area contributed by atoms with Gasteiger partial charge in [0.15, 0.2) is 0 Å². The summed E-state index contributed by atoms with van der Waals surface area (Å²) in [6, 6.07) is 8.43. The first-order valence-electron chi connectivity index (χ1n) is 6.42. The second-order valence-electron chi connectivity index (χ2n) is 5.18. The zero-order valence-corrected chi connectivity index (χ0v) is 12.6. The smallest absolute Gasteiger partial charge is 0.0917 e. The van der Waals surface area contributed by atoms with Crippen molar-refractivity contribution in [3.05, 3.63) is 34.3 Å². The number of aliphatic hydroxyl groups excluding tert-OH is 1. The SMILES string of the molecule is C[C@@H]1CN(C)CCN1C[C@H](O)c1cccc(Br)c1. The Morgan fingerprint density at radius 2 is 2.22 bits per heavy atom. The van der Waals surface area contributed by atoms with Gasteiger partial charge in [0.25, 0.3) is 0 Å². The van der Waals surface area contributed by atoms with Crippen molar-refractivity contribution in [2.45, 2.75) is 19.1 Å². The number of hydrogen-bond acceptors (Lipinski definition) is 3. The lowest BCUT2D eigenvalue weighted by molar-refractivity contribution is 0.0474. The molecule has 18 heavy (non-hydrogen) atoms. The Morgan fingerprint density at radius 1 is 1.44 bits per heavy atom. The van der Waals surface area contributed by atoms with E-state index in [0.29, 0.717) is 12.6 Å². The fraction of sp³-hybridized carbons (Fsp3) is 0.571. The van der Waals surface area contributed by atoms with Crippen molar-refractivity contribution in [2.75, 3.05) is 33.2 Å². The zero-order valence-electron chi connectivity index (χ0n) is 11.0. The molecular formula is C14H21BrN2O. The van der Waals surface area contributed by atoms with Crippen molar-refractivity contribution in [2.24, 2.45) is 0 Å². The van der Waals surface area contributed by atoms with Gasteiger partial charge in [-0.25, -0.2) is 0 Å². The minimum atomic E-state index is -0.409. The molecule has 3 nitrogen and oxygen atoms in total. The van der Waals surface area contributed by atoms with Crippen LogP contribution in [0.5, 0.6) is 0 Å². The Balaban J connectivity index is 1.97. The Bertz CT molecular complexity index is 399. The lowest BCUT2D eigenvalue weighted by atomic mass is 10.1. The van der Waals surface area contributed by atoms with Gasteiger partial charge in [-0.1, -0.05) is 28.1 Å². The molecule has 0 radical (unpaired) electrons. The van der Waals surface area contributed by atoms with Crippen LogP contribution in [0.4, 0.5) is 0 Å². The van der Waals surface area contributed by atoms with Crippen molar-refractivity contribution >= 4 is 15.9 Å². The maximum Gasteiger partial charge on any atom is 0.0917 e. The van der Waals surface area contributed by atoms with Gasteiger partial charge in [-0.15, -0.1) is 0 Å². The molecule has 4 heteroatoms. The number of nitrogens with zero attached hydrogens (tertiary/aromatic N) is 2. The van der Waals surface area contributed by atoms with Crippen molar-refractivity contribution in [3.8, 4) is 0 Å². The van der Waals surface area contributed by atoms with Gasteiger partial charge in [-0.2, -0.15) is 0 Å². The number of aliphatic hydroxyl groups is 1. The molecule has 0 unspecified atom stereocenters. The summed E-state index contributed by atoms with van der Waals surface area (Å²) in [5, 5.41) is 10.3. The Kier molecular flexibility index (Phi) is 4.78. The standard InChI is InChI=1S/C14H21BrN2O/c1-11-9-16(2)6-7-17(11)10-14(18)12-4-3-5-13(15)8-12/h3-5,8,11,14,18H,6-7,9-10H2,1-2H3/t11-,14+/m1/s1. The zero-order chi connectivity index (χ0) is 13.1. The summed E-state index contributed by atoms with van der Waals surface area (Å²) in [7, 11) is 2.15. The summed E-state index contributed by atoms with van der Waals surface area (Å²) in [5.74, 6) is 0. The summed E-state index contributed by atoms with van der Waals surface area (Å²) in [6.07, 6.45) is -0.409. The van der Waals surface area contributed by atoms with Crippen LogP contribution in [-0.4, -0.2) is 54.2 Å². The lowest BCUT2D eigenvalue weighted by Crippen LogP contribution is -2.51. The summed E-state index contributed by atoms with van der Waals surface area (Å²) in [5.41, 5.74) is 0.982. The van der Waals surface area contributed by atoms with Crippen molar-refractivity contribution in [3.63, 3.8) is 0 Å². The molecule has 0 aliphatic carbocycles. The van der Waals surface area contributed by atoms with E-state index < -0.39 is 6.10 Å². The fourth-order valence-electron chi connectivity index (χ4n) is 2.49. The minimum Gasteiger partial charge on any atom is -0.387 e. The molecule has 2 atom stereocenters. The molecule has 0 saturated carbocycles. The highest BCUT2D eigenvalue weighted by molar-refractivity contribution is 9.10. The van der Waals surface area contributed by atoms with Crippen LogP contribution in [0.3, 0.4) is 0 Å². The summed E-state index contributed by atoms with van der Waals surface area (Å²) >= 11 is 3.44. The van der Waals surface area contributed by atoms with Crippen molar-refractivity contribution < 1.29 is 5.11 Å². The van der Waals surface area contributed by atoms with Gasteiger partial charge >= 0.3 is 0 Å². The molecule has 1 aromatic rings. The van der Waals surface area contributed by atoms with Gasteiger partial charge in [0.05, 0.1) is 6.10 Å². The third kappa shape index (κ3) is 3.54. The van der Waals surface area contributed by atoms with Crippen LogP contribution in [0.25, 0.3) is 0 Å². The number of hydrogen-bond donors (Lipinski definition) is 1. The summed E-state index contributed by atoms with van der Waals surface area (Å²) in [4.78, 5) is 4.71. The van der Waals surface area contributed by atoms with Gasteiger partial charge in [-0.3, -0.25) is 4.90 Å². The average molecular weight is 313 g/mol. The molecule has 0 amide bonds. The van der Waals surface area contributed by atoms with Gasteiger partial charge in [-0.05, 0) is 31.7 Å². The molecule has 1 fully saturated rings. The second kappa shape index (κ2) is 6.15. The van der Waals surface area contributed by atoms with E-state index in [1.165, 1.54) is 0 Å². The van der Waals surface area contributed by atoms with Crippen LogP contribution in [0.2, 0.25) is 0 Å². The number of β-amino-alcohol motifs (C(OH)–C–C–N with tert-alkyl or cyclic N) is 1. The van der Waals surface area contributed by atoms with E-state index in [-0.39, 0.29) is 0 Å². The normalized spacial score (nSPS) is 24.1. The Hall–Kier alpha value is -0.420. The molecule has 0 spiro atoms. The number of benzene rings is 1. The molecular weight excluding hydrogens is 292 g/mol. The van der Waals surface area contributed by atoms with Crippen LogP contribution < -0.4 is 0 Å². The first-order valence-corrected chi connectivity index (χ1v) is 7.21. The van der Waals surface area contributed by atoms with E-state index >= 15 is 0 Å². The van der Waals surface area contributed by atoms with E-state index in [0.717, 1.165) is 29.7 Å². The lowest BCUT2D eigenvalue weighted by Gasteiger charge is -2.39. The molecule has 2 rings (SSSR count). The first-order chi connectivity index (χ1) is 8.56.